The fourth-order valence-corrected chi connectivity index (χ4v) is 3.00. The van der Waals surface area contributed by atoms with Crippen LogP contribution in [0.4, 0.5) is 16.4 Å². The lowest BCUT2D eigenvalue weighted by Crippen LogP contribution is -2.42. The predicted molar refractivity (Wildman–Crippen MR) is 92.4 cm³/mol. The highest BCUT2D eigenvalue weighted by atomic mass is 16.6. The minimum atomic E-state index is -0.474. The first-order valence-corrected chi connectivity index (χ1v) is 8.18. The summed E-state index contributed by atoms with van der Waals surface area (Å²) >= 11 is 0. The van der Waals surface area contributed by atoms with Crippen molar-refractivity contribution in [3.8, 4) is 0 Å². The highest BCUT2D eigenvalue weighted by Gasteiger charge is 2.37. The molecule has 0 bridgehead atoms. The number of carbonyl (C=O) groups is 1. The van der Waals surface area contributed by atoms with Crippen molar-refractivity contribution in [2.24, 2.45) is 5.92 Å². The predicted octanol–water partition coefficient (Wildman–Crippen LogP) is 2.75. The first kappa shape index (κ1) is 17.4. The fourth-order valence-electron chi connectivity index (χ4n) is 3.00. The van der Waals surface area contributed by atoms with Crippen LogP contribution in [0.15, 0.2) is 18.2 Å². The zero-order valence-corrected chi connectivity index (χ0v) is 14.7. The van der Waals surface area contributed by atoms with Gasteiger partial charge >= 0.3 is 6.09 Å². The number of nitrogens with two attached hydrogens (primary N) is 1. The lowest BCUT2D eigenvalue weighted by Gasteiger charge is -2.31. The zero-order valence-electron chi connectivity index (χ0n) is 14.7. The van der Waals surface area contributed by atoms with E-state index < -0.39 is 5.60 Å². The molecule has 0 spiro atoms. The normalized spacial score (nSPS) is 21.3. The van der Waals surface area contributed by atoms with Crippen molar-refractivity contribution in [1.82, 2.24) is 9.88 Å². The second-order valence-corrected chi connectivity index (χ2v) is 7.14. The molecule has 0 saturated carbocycles. The molecule has 6 heteroatoms. The maximum atomic E-state index is 12.3. The van der Waals surface area contributed by atoms with E-state index in [1.165, 1.54) is 0 Å². The molecular formula is C17H28N4O2. The summed E-state index contributed by atoms with van der Waals surface area (Å²) in [5, 5.41) is 0. The van der Waals surface area contributed by atoms with Gasteiger partial charge in [-0.05, 0) is 45.7 Å². The molecule has 2 N–H and O–H groups in total. The summed E-state index contributed by atoms with van der Waals surface area (Å²) in [5.41, 5.74) is 5.33. The van der Waals surface area contributed by atoms with Gasteiger partial charge in [0.15, 0.2) is 0 Å². The van der Waals surface area contributed by atoms with E-state index in [-0.39, 0.29) is 12.1 Å². The monoisotopic (exact) mass is 320 g/mol. The number of anilines is 2. The Labute approximate surface area is 138 Å². The van der Waals surface area contributed by atoms with E-state index in [1.807, 2.05) is 32.9 Å². The maximum Gasteiger partial charge on any atom is 0.410 e. The molecule has 2 atom stereocenters. The molecule has 0 aliphatic carbocycles. The highest BCUT2D eigenvalue weighted by molar-refractivity contribution is 5.69. The fraction of sp³-hybridized carbons (Fsp3) is 0.647. The largest absolute Gasteiger partial charge is 0.444 e. The molecule has 2 unspecified atom stereocenters. The average Bonchev–Trinajstić information content (AvgIpc) is 2.80. The summed E-state index contributed by atoms with van der Waals surface area (Å²) in [4.78, 5) is 20.7. The van der Waals surface area contributed by atoms with Crippen LogP contribution in [0.2, 0.25) is 0 Å². The van der Waals surface area contributed by atoms with Crippen LogP contribution >= 0.6 is 0 Å². The van der Waals surface area contributed by atoms with Crippen LogP contribution in [0.25, 0.3) is 0 Å². The van der Waals surface area contributed by atoms with Crippen molar-refractivity contribution >= 4 is 17.7 Å². The second-order valence-electron chi connectivity index (χ2n) is 7.14. The third-order valence-electron chi connectivity index (χ3n) is 4.02. The van der Waals surface area contributed by atoms with Gasteiger partial charge in [0, 0.05) is 19.6 Å². The minimum absolute atomic E-state index is 0.210. The van der Waals surface area contributed by atoms with Crippen LogP contribution in [-0.4, -0.2) is 47.3 Å². The Morgan fingerprint density at radius 1 is 1.43 bits per heavy atom. The van der Waals surface area contributed by atoms with E-state index >= 15 is 0 Å². The van der Waals surface area contributed by atoms with E-state index in [2.05, 4.69) is 23.7 Å². The number of nitrogen functional groups attached to an aromatic ring is 1. The van der Waals surface area contributed by atoms with E-state index in [1.54, 1.807) is 11.0 Å². The van der Waals surface area contributed by atoms with Gasteiger partial charge in [0.05, 0.1) is 6.04 Å². The Bertz CT molecular complexity index is 556. The van der Waals surface area contributed by atoms with E-state index in [9.17, 15) is 4.79 Å². The van der Waals surface area contributed by atoms with Gasteiger partial charge in [-0.25, -0.2) is 9.78 Å². The number of likely N-dealkylation sites (N-methyl/N-ethyl adjacent to an activating group) is 1. The SMILES string of the molecule is CCN(c1cccc(N)n1)C1CN(C(=O)OC(C)(C)C)CC1C. The summed E-state index contributed by atoms with van der Waals surface area (Å²) in [6.45, 7) is 12.1. The Balaban J connectivity index is 2.12. The van der Waals surface area contributed by atoms with Crippen LogP contribution in [-0.2, 0) is 4.74 Å². The zero-order chi connectivity index (χ0) is 17.2. The molecule has 2 rings (SSSR count). The van der Waals surface area contributed by atoms with Gasteiger partial charge in [0.1, 0.15) is 17.2 Å². The number of pyridine rings is 1. The summed E-state index contributed by atoms with van der Waals surface area (Å²) in [5.74, 6) is 1.71. The first-order valence-electron chi connectivity index (χ1n) is 8.18. The Hall–Kier alpha value is -1.98. The van der Waals surface area contributed by atoms with Gasteiger partial charge < -0.3 is 20.3 Å². The number of carbonyl (C=O) groups excluding carboxylic acids is 1. The Kier molecular flexibility index (Phi) is 5.02. The molecule has 6 nitrogen and oxygen atoms in total. The molecule has 1 aromatic rings. The minimum Gasteiger partial charge on any atom is -0.444 e. The molecule has 1 amide bonds. The molecule has 0 aromatic carbocycles. The van der Waals surface area contributed by atoms with Crippen LogP contribution in [0.3, 0.4) is 0 Å². The topological polar surface area (TPSA) is 71.7 Å². The van der Waals surface area contributed by atoms with Crippen molar-refractivity contribution in [3.05, 3.63) is 18.2 Å². The highest BCUT2D eigenvalue weighted by Crippen LogP contribution is 2.27. The molecule has 128 valence electrons. The number of rotatable bonds is 3. The third kappa shape index (κ3) is 4.27. The van der Waals surface area contributed by atoms with Crippen molar-refractivity contribution in [1.29, 1.82) is 0 Å². The van der Waals surface area contributed by atoms with Gasteiger partial charge in [0.2, 0.25) is 0 Å². The van der Waals surface area contributed by atoms with Gasteiger partial charge in [-0.15, -0.1) is 0 Å². The van der Waals surface area contributed by atoms with Gasteiger partial charge in [-0.1, -0.05) is 13.0 Å². The number of hydrogen-bond donors (Lipinski definition) is 1. The van der Waals surface area contributed by atoms with Crippen molar-refractivity contribution in [2.45, 2.75) is 46.3 Å². The molecule has 1 aliphatic heterocycles. The van der Waals surface area contributed by atoms with E-state index in [0.717, 1.165) is 12.4 Å². The van der Waals surface area contributed by atoms with Crippen molar-refractivity contribution in [2.75, 3.05) is 30.3 Å². The Morgan fingerprint density at radius 3 is 2.70 bits per heavy atom. The molecule has 2 heterocycles. The molecule has 1 saturated heterocycles. The number of hydrogen-bond acceptors (Lipinski definition) is 5. The second kappa shape index (κ2) is 6.64. The molecule has 1 aliphatic rings. The number of amides is 1. The lowest BCUT2D eigenvalue weighted by atomic mass is 10.0. The smallest absolute Gasteiger partial charge is 0.410 e. The van der Waals surface area contributed by atoms with E-state index in [4.69, 9.17) is 10.5 Å². The summed E-state index contributed by atoms with van der Waals surface area (Å²) in [7, 11) is 0. The number of aromatic nitrogens is 1. The molecule has 23 heavy (non-hydrogen) atoms. The Morgan fingerprint density at radius 2 is 2.13 bits per heavy atom. The van der Waals surface area contributed by atoms with Crippen LogP contribution in [0, 0.1) is 5.92 Å². The third-order valence-corrected chi connectivity index (χ3v) is 4.02. The molecular weight excluding hydrogens is 292 g/mol. The van der Waals surface area contributed by atoms with Crippen LogP contribution < -0.4 is 10.6 Å². The molecule has 0 radical (unpaired) electrons. The standard InChI is InChI=1S/C17H28N4O2/c1-6-21(15-9-7-8-14(18)19-15)13-11-20(10-12(13)2)16(22)23-17(3,4)5/h7-9,12-13H,6,10-11H2,1-5H3,(H2,18,19). The summed E-state index contributed by atoms with van der Waals surface area (Å²) in [6, 6.07) is 5.86. The first-order chi connectivity index (χ1) is 10.7. The van der Waals surface area contributed by atoms with Crippen LogP contribution in [0.1, 0.15) is 34.6 Å². The number of nitrogens with zero attached hydrogens (tertiary/aromatic N) is 3. The molecule has 1 aromatic heterocycles. The van der Waals surface area contributed by atoms with Gasteiger partial charge in [0.25, 0.3) is 0 Å². The maximum absolute atomic E-state index is 12.3. The van der Waals surface area contributed by atoms with Crippen molar-refractivity contribution < 1.29 is 9.53 Å². The van der Waals surface area contributed by atoms with Crippen molar-refractivity contribution in [3.63, 3.8) is 0 Å². The lowest BCUT2D eigenvalue weighted by molar-refractivity contribution is 0.0287. The number of ether oxygens (including phenoxy) is 1. The quantitative estimate of drug-likeness (QED) is 0.927. The molecule has 1 fully saturated rings. The van der Waals surface area contributed by atoms with Crippen LogP contribution in [0.5, 0.6) is 0 Å². The number of likely N-dealkylation sites (tertiary alicyclic amines) is 1. The van der Waals surface area contributed by atoms with Gasteiger partial charge in [-0.3, -0.25) is 0 Å². The summed E-state index contributed by atoms with van der Waals surface area (Å²) in [6.07, 6.45) is -0.247. The van der Waals surface area contributed by atoms with E-state index in [0.29, 0.717) is 24.8 Å². The average molecular weight is 320 g/mol. The summed E-state index contributed by atoms with van der Waals surface area (Å²) < 4.78 is 5.49. The van der Waals surface area contributed by atoms with Gasteiger partial charge in [-0.2, -0.15) is 0 Å².